The van der Waals surface area contributed by atoms with Crippen molar-refractivity contribution in [3.05, 3.63) is 76.6 Å². The largest absolute Gasteiger partial charge is 0.246 e. The van der Waals surface area contributed by atoms with E-state index in [0.29, 0.717) is 0 Å². The first-order chi connectivity index (χ1) is 11.5. The maximum atomic E-state index is 4.57. The van der Waals surface area contributed by atoms with Crippen molar-refractivity contribution < 1.29 is 0 Å². The standard InChI is InChI=1S/C19H21N5/c1-14-8-9-15(2)23(14)20-12-18-6-5-7-19(22-18)13-21-24-16(3)10-11-17(24)4/h5-13H,1-4H3/b20-12+,21-13+. The Bertz CT molecular complexity index is 801. The molecule has 0 aliphatic rings. The summed E-state index contributed by atoms with van der Waals surface area (Å²) >= 11 is 0. The van der Waals surface area contributed by atoms with Crippen LogP contribution in [0.1, 0.15) is 34.2 Å². The average molecular weight is 319 g/mol. The van der Waals surface area contributed by atoms with E-state index < -0.39 is 0 Å². The summed E-state index contributed by atoms with van der Waals surface area (Å²) in [6.45, 7) is 8.12. The van der Waals surface area contributed by atoms with E-state index in [-0.39, 0.29) is 0 Å². The fourth-order valence-corrected chi connectivity index (χ4v) is 2.53. The van der Waals surface area contributed by atoms with Gasteiger partial charge in [0.1, 0.15) is 0 Å². The number of nitrogens with zero attached hydrogens (tertiary/aromatic N) is 5. The van der Waals surface area contributed by atoms with Gasteiger partial charge in [0.25, 0.3) is 0 Å². The van der Waals surface area contributed by atoms with Crippen LogP contribution < -0.4 is 0 Å². The molecule has 3 aromatic heterocycles. The Morgan fingerprint density at radius 3 is 1.42 bits per heavy atom. The van der Waals surface area contributed by atoms with Crippen LogP contribution in [-0.4, -0.2) is 26.8 Å². The molecule has 0 N–H and O–H groups in total. The molecule has 0 aliphatic heterocycles. The summed E-state index contributed by atoms with van der Waals surface area (Å²) in [5.74, 6) is 0. The molecule has 0 bridgehead atoms. The van der Waals surface area contributed by atoms with Crippen molar-refractivity contribution in [3.63, 3.8) is 0 Å². The predicted molar refractivity (Wildman–Crippen MR) is 98.0 cm³/mol. The second-order valence-corrected chi connectivity index (χ2v) is 5.83. The van der Waals surface area contributed by atoms with Gasteiger partial charge in [0.05, 0.1) is 23.8 Å². The van der Waals surface area contributed by atoms with Gasteiger partial charge in [0, 0.05) is 22.8 Å². The van der Waals surface area contributed by atoms with Crippen LogP contribution in [-0.2, 0) is 0 Å². The van der Waals surface area contributed by atoms with Gasteiger partial charge in [-0.2, -0.15) is 10.2 Å². The van der Waals surface area contributed by atoms with Crippen LogP contribution >= 0.6 is 0 Å². The van der Waals surface area contributed by atoms with E-state index in [9.17, 15) is 0 Å². The molecule has 0 aromatic carbocycles. The average Bonchev–Trinajstić information content (AvgIpc) is 3.06. The first-order valence-electron chi connectivity index (χ1n) is 7.90. The molecule has 0 amide bonds. The molecular weight excluding hydrogens is 298 g/mol. The van der Waals surface area contributed by atoms with Crippen molar-refractivity contribution in [2.24, 2.45) is 10.2 Å². The summed E-state index contributed by atoms with van der Waals surface area (Å²) in [7, 11) is 0. The Hall–Kier alpha value is -2.95. The molecule has 0 spiro atoms. The van der Waals surface area contributed by atoms with Crippen molar-refractivity contribution >= 4 is 12.4 Å². The highest BCUT2D eigenvalue weighted by atomic mass is 15.4. The van der Waals surface area contributed by atoms with Crippen LogP contribution in [0.25, 0.3) is 0 Å². The molecule has 3 aromatic rings. The monoisotopic (exact) mass is 319 g/mol. The van der Waals surface area contributed by atoms with Crippen LogP contribution in [0.3, 0.4) is 0 Å². The lowest BCUT2D eigenvalue weighted by atomic mass is 10.3. The molecule has 0 unspecified atom stereocenters. The first-order valence-corrected chi connectivity index (χ1v) is 7.90. The lowest BCUT2D eigenvalue weighted by Crippen LogP contribution is -1.99. The molecule has 0 radical (unpaired) electrons. The number of rotatable bonds is 4. The maximum absolute atomic E-state index is 4.57. The summed E-state index contributed by atoms with van der Waals surface area (Å²) < 4.78 is 3.80. The zero-order valence-corrected chi connectivity index (χ0v) is 14.4. The highest BCUT2D eigenvalue weighted by Crippen LogP contribution is 2.07. The Balaban J connectivity index is 1.82. The normalized spacial score (nSPS) is 11.8. The van der Waals surface area contributed by atoms with E-state index >= 15 is 0 Å². The summed E-state index contributed by atoms with van der Waals surface area (Å²) in [6.07, 6.45) is 3.53. The van der Waals surface area contributed by atoms with E-state index in [1.165, 1.54) is 0 Å². The zero-order valence-electron chi connectivity index (χ0n) is 14.4. The molecule has 5 nitrogen and oxygen atoms in total. The third kappa shape index (κ3) is 3.35. The predicted octanol–water partition coefficient (Wildman–Crippen LogP) is 3.68. The fourth-order valence-electron chi connectivity index (χ4n) is 2.53. The number of aromatic nitrogens is 3. The van der Waals surface area contributed by atoms with Crippen molar-refractivity contribution in [1.29, 1.82) is 0 Å². The van der Waals surface area contributed by atoms with Crippen molar-refractivity contribution in [1.82, 2.24) is 14.3 Å². The third-order valence-electron chi connectivity index (χ3n) is 3.87. The van der Waals surface area contributed by atoms with Gasteiger partial charge in [-0.05, 0) is 64.1 Å². The van der Waals surface area contributed by atoms with Gasteiger partial charge < -0.3 is 0 Å². The second kappa shape index (κ2) is 6.66. The quantitative estimate of drug-likeness (QED) is 0.677. The van der Waals surface area contributed by atoms with Crippen LogP contribution in [0.5, 0.6) is 0 Å². The first kappa shape index (κ1) is 15.9. The maximum Gasteiger partial charge on any atom is 0.0838 e. The SMILES string of the molecule is Cc1ccc(C)n1/N=C/c1cccc(/C=N/n2c(C)ccc2C)n1. The van der Waals surface area contributed by atoms with Crippen molar-refractivity contribution in [3.8, 4) is 0 Å². The summed E-state index contributed by atoms with van der Waals surface area (Å²) in [4.78, 5) is 4.57. The highest BCUT2D eigenvalue weighted by molar-refractivity contribution is 5.81. The van der Waals surface area contributed by atoms with Crippen molar-refractivity contribution in [2.75, 3.05) is 0 Å². The summed E-state index contributed by atoms with van der Waals surface area (Å²) in [5, 5.41) is 8.99. The van der Waals surface area contributed by atoms with E-state index in [1.807, 2.05) is 79.5 Å². The van der Waals surface area contributed by atoms with Gasteiger partial charge in [-0.15, -0.1) is 0 Å². The number of aryl methyl sites for hydroxylation is 4. The molecule has 3 rings (SSSR count). The molecule has 0 aliphatic carbocycles. The van der Waals surface area contributed by atoms with E-state index in [1.54, 1.807) is 12.4 Å². The van der Waals surface area contributed by atoms with Crippen LogP contribution in [0.15, 0.2) is 52.7 Å². The molecular formula is C19H21N5. The molecule has 122 valence electrons. The third-order valence-corrected chi connectivity index (χ3v) is 3.87. The second-order valence-electron chi connectivity index (χ2n) is 5.83. The molecule has 0 atom stereocenters. The van der Waals surface area contributed by atoms with Crippen molar-refractivity contribution in [2.45, 2.75) is 27.7 Å². The highest BCUT2D eigenvalue weighted by Gasteiger charge is 2.00. The summed E-state index contributed by atoms with van der Waals surface area (Å²) in [6, 6.07) is 14.0. The summed E-state index contributed by atoms with van der Waals surface area (Å²) in [5.41, 5.74) is 5.99. The minimum Gasteiger partial charge on any atom is -0.246 e. The Labute approximate surface area is 142 Å². The smallest absolute Gasteiger partial charge is 0.0838 e. The van der Waals surface area contributed by atoms with Gasteiger partial charge in [0.15, 0.2) is 0 Å². The number of pyridine rings is 1. The van der Waals surface area contributed by atoms with Crippen LogP contribution in [0.4, 0.5) is 0 Å². The lowest BCUT2D eigenvalue weighted by molar-refractivity contribution is 0.816. The van der Waals surface area contributed by atoms with Gasteiger partial charge in [0.2, 0.25) is 0 Å². The van der Waals surface area contributed by atoms with Crippen LogP contribution in [0, 0.1) is 27.7 Å². The van der Waals surface area contributed by atoms with Gasteiger partial charge in [-0.1, -0.05) is 6.07 Å². The lowest BCUT2D eigenvalue weighted by Gasteiger charge is -2.02. The topological polar surface area (TPSA) is 47.5 Å². The minimum atomic E-state index is 0.799. The number of hydrogen-bond donors (Lipinski definition) is 0. The van der Waals surface area contributed by atoms with Crippen LogP contribution in [0.2, 0.25) is 0 Å². The Morgan fingerprint density at radius 2 is 1.04 bits per heavy atom. The molecule has 3 heterocycles. The van der Waals surface area contributed by atoms with Gasteiger partial charge >= 0.3 is 0 Å². The van der Waals surface area contributed by atoms with E-state index in [0.717, 1.165) is 34.2 Å². The van der Waals surface area contributed by atoms with Gasteiger partial charge in [-0.3, -0.25) is 0 Å². The minimum absolute atomic E-state index is 0.799. The molecule has 5 heteroatoms. The Kier molecular flexibility index (Phi) is 4.42. The zero-order chi connectivity index (χ0) is 17.1. The Morgan fingerprint density at radius 1 is 0.667 bits per heavy atom. The van der Waals surface area contributed by atoms with E-state index in [2.05, 4.69) is 15.2 Å². The molecule has 0 saturated carbocycles. The number of hydrogen-bond acceptors (Lipinski definition) is 3. The van der Waals surface area contributed by atoms with Gasteiger partial charge in [-0.25, -0.2) is 14.3 Å². The van der Waals surface area contributed by atoms with E-state index in [4.69, 9.17) is 0 Å². The fraction of sp³-hybridized carbons (Fsp3) is 0.211. The molecule has 0 fully saturated rings. The molecule has 24 heavy (non-hydrogen) atoms. The molecule has 0 saturated heterocycles.